The zero-order valence-corrected chi connectivity index (χ0v) is 14.3. The highest BCUT2D eigenvalue weighted by Crippen LogP contribution is 2.16. The monoisotopic (exact) mass is 350 g/mol. The van der Waals surface area contributed by atoms with Gasteiger partial charge < -0.3 is 9.26 Å². The van der Waals surface area contributed by atoms with Crippen molar-refractivity contribution in [2.75, 3.05) is 0 Å². The van der Waals surface area contributed by atoms with Crippen molar-refractivity contribution in [2.24, 2.45) is 0 Å². The van der Waals surface area contributed by atoms with Crippen molar-refractivity contribution < 1.29 is 18.8 Å². The molecule has 0 spiro atoms. The number of ether oxygens (including phenoxy) is 1. The number of Topliss-reactive ketones (excluding diaryl/α,β-unsaturated/α-hetero) is 1. The summed E-state index contributed by atoms with van der Waals surface area (Å²) in [6, 6.07) is 16.0. The van der Waals surface area contributed by atoms with Crippen LogP contribution in [0.2, 0.25) is 0 Å². The lowest BCUT2D eigenvalue weighted by Crippen LogP contribution is -2.08. The van der Waals surface area contributed by atoms with Gasteiger partial charge in [-0.25, -0.2) is 0 Å². The van der Waals surface area contributed by atoms with Crippen molar-refractivity contribution >= 4 is 11.8 Å². The van der Waals surface area contributed by atoms with Crippen LogP contribution in [-0.4, -0.2) is 21.9 Å². The second kappa shape index (κ2) is 8.20. The highest BCUT2D eigenvalue weighted by molar-refractivity contribution is 5.94. The Morgan fingerprint density at radius 3 is 2.46 bits per heavy atom. The summed E-state index contributed by atoms with van der Waals surface area (Å²) in [7, 11) is 0. The summed E-state index contributed by atoms with van der Waals surface area (Å²) >= 11 is 0. The topological polar surface area (TPSA) is 82.3 Å². The molecule has 132 valence electrons. The van der Waals surface area contributed by atoms with Crippen LogP contribution in [-0.2, 0) is 11.2 Å². The molecule has 0 unspecified atom stereocenters. The van der Waals surface area contributed by atoms with Crippen LogP contribution in [0.5, 0.6) is 5.75 Å². The number of hydrogen-bond donors (Lipinski definition) is 0. The van der Waals surface area contributed by atoms with Gasteiger partial charge in [0.1, 0.15) is 5.75 Å². The van der Waals surface area contributed by atoms with Crippen LogP contribution in [0.4, 0.5) is 0 Å². The number of aromatic nitrogens is 2. The lowest BCUT2D eigenvalue weighted by atomic mass is 10.1. The van der Waals surface area contributed by atoms with Crippen molar-refractivity contribution in [3.63, 3.8) is 0 Å². The number of rotatable bonds is 7. The summed E-state index contributed by atoms with van der Waals surface area (Å²) in [5.41, 5.74) is 1.46. The molecule has 1 aromatic heterocycles. The molecule has 3 aromatic rings. The molecule has 6 heteroatoms. The van der Waals surface area contributed by atoms with Crippen LogP contribution in [0.25, 0.3) is 11.4 Å². The molecule has 1 heterocycles. The molecule has 26 heavy (non-hydrogen) atoms. The van der Waals surface area contributed by atoms with Crippen LogP contribution >= 0.6 is 0 Å². The summed E-state index contributed by atoms with van der Waals surface area (Å²) in [6.45, 7) is 1.49. The van der Waals surface area contributed by atoms with E-state index in [2.05, 4.69) is 10.1 Å². The molecule has 0 saturated carbocycles. The molecule has 6 nitrogen and oxygen atoms in total. The highest BCUT2D eigenvalue weighted by Gasteiger charge is 2.10. The van der Waals surface area contributed by atoms with E-state index in [0.29, 0.717) is 35.9 Å². The first-order valence-electron chi connectivity index (χ1n) is 8.31. The quantitative estimate of drug-likeness (QED) is 0.365. The van der Waals surface area contributed by atoms with E-state index in [9.17, 15) is 9.59 Å². The molecule has 3 rings (SSSR count). The van der Waals surface area contributed by atoms with Gasteiger partial charge in [-0.15, -0.1) is 0 Å². The van der Waals surface area contributed by atoms with E-state index < -0.39 is 0 Å². The summed E-state index contributed by atoms with van der Waals surface area (Å²) in [4.78, 5) is 27.4. The highest BCUT2D eigenvalue weighted by atomic mass is 16.5. The fourth-order valence-electron chi connectivity index (χ4n) is 2.39. The Morgan fingerprint density at radius 1 is 1.04 bits per heavy atom. The van der Waals surface area contributed by atoms with Gasteiger partial charge in [0.25, 0.3) is 0 Å². The maximum atomic E-state index is 11.9. The third-order valence-corrected chi connectivity index (χ3v) is 3.76. The molecular weight excluding hydrogens is 332 g/mol. The van der Waals surface area contributed by atoms with Gasteiger partial charge in [-0.2, -0.15) is 4.98 Å². The molecule has 0 fully saturated rings. The predicted molar refractivity (Wildman–Crippen MR) is 94.8 cm³/mol. The van der Waals surface area contributed by atoms with E-state index in [1.54, 1.807) is 24.3 Å². The van der Waals surface area contributed by atoms with Crippen molar-refractivity contribution in [3.8, 4) is 17.1 Å². The lowest BCUT2D eigenvalue weighted by Gasteiger charge is -2.04. The molecule has 0 radical (unpaired) electrons. The number of ketones is 1. The van der Waals surface area contributed by atoms with E-state index in [4.69, 9.17) is 9.26 Å². The van der Waals surface area contributed by atoms with Gasteiger partial charge in [-0.3, -0.25) is 9.59 Å². The molecule has 0 amide bonds. The van der Waals surface area contributed by atoms with E-state index in [-0.39, 0.29) is 18.2 Å². The van der Waals surface area contributed by atoms with E-state index in [1.807, 2.05) is 30.3 Å². The van der Waals surface area contributed by atoms with Crippen LogP contribution < -0.4 is 4.74 Å². The largest absolute Gasteiger partial charge is 0.427 e. The summed E-state index contributed by atoms with van der Waals surface area (Å²) in [5, 5.41) is 3.94. The first kappa shape index (κ1) is 17.5. The minimum Gasteiger partial charge on any atom is -0.427 e. The Morgan fingerprint density at radius 2 is 1.77 bits per heavy atom. The van der Waals surface area contributed by atoms with Gasteiger partial charge in [0.05, 0.1) is 0 Å². The molecule has 2 aromatic carbocycles. The third-order valence-electron chi connectivity index (χ3n) is 3.76. The molecule has 0 saturated heterocycles. The van der Waals surface area contributed by atoms with Gasteiger partial charge in [-0.05, 0) is 37.6 Å². The molecule has 0 aliphatic carbocycles. The van der Waals surface area contributed by atoms with Crippen molar-refractivity contribution in [3.05, 3.63) is 66.1 Å². The summed E-state index contributed by atoms with van der Waals surface area (Å²) in [6.07, 6.45) is 1.27. The number of esters is 1. The molecule has 0 N–H and O–H groups in total. The second-order valence-corrected chi connectivity index (χ2v) is 5.79. The normalized spacial score (nSPS) is 10.5. The number of hydrogen-bond acceptors (Lipinski definition) is 6. The Balaban J connectivity index is 1.46. The SMILES string of the molecule is CC(=O)c1ccc(OC(=O)CCCc2nc(-c3ccccc3)no2)cc1. The van der Waals surface area contributed by atoms with Crippen LogP contribution in [0.1, 0.15) is 36.0 Å². The summed E-state index contributed by atoms with van der Waals surface area (Å²) in [5.74, 6) is 1.07. The molecular formula is C20H18N2O4. The van der Waals surface area contributed by atoms with E-state index in [0.717, 1.165) is 5.56 Å². The molecule has 0 aliphatic rings. The first-order valence-corrected chi connectivity index (χ1v) is 8.31. The van der Waals surface area contributed by atoms with Gasteiger partial charge >= 0.3 is 5.97 Å². The van der Waals surface area contributed by atoms with E-state index in [1.165, 1.54) is 6.92 Å². The predicted octanol–water partition coefficient (Wildman–Crippen LogP) is 3.87. The van der Waals surface area contributed by atoms with Crippen molar-refractivity contribution in [1.82, 2.24) is 10.1 Å². The zero-order chi connectivity index (χ0) is 18.4. The maximum Gasteiger partial charge on any atom is 0.311 e. The van der Waals surface area contributed by atoms with Gasteiger partial charge in [0, 0.05) is 24.0 Å². The number of carbonyl (C=O) groups excluding carboxylic acids is 2. The minimum absolute atomic E-state index is 0.0303. The number of carbonyl (C=O) groups is 2. The fourth-order valence-corrected chi connectivity index (χ4v) is 2.39. The Kier molecular flexibility index (Phi) is 5.53. The number of benzene rings is 2. The fraction of sp³-hybridized carbons (Fsp3) is 0.200. The smallest absolute Gasteiger partial charge is 0.311 e. The molecule has 0 bridgehead atoms. The van der Waals surface area contributed by atoms with Crippen LogP contribution in [0.15, 0.2) is 59.1 Å². The lowest BCUT2D eigenvalue weighted by molar-refractivity contribution is -0.134. The second-order valence-electron chi connectivity index (χ2n) is 5.79. The Labute approximate surface area is 150 Å². The third kappa shape index (κ3) is 4.63. The Bertz CT molecular complexity index is 886. The van der Waals surface area contributed by atoms with Crippen molar-refractivity contribution in [2.45, 2.75) is 26.2 Å². The first-order chi connectivity index (χ1) is 12.6. The number of aryl methyl sites for hydroxylation is 1. The van der Waals surface area contributed by atoms with E-state index >= 15 is 0 Å². The average Bonchev–Trinajstić information content (AvgIpc) is 3.12. The standard InChI is InChI=1S/C20H18N2O4/c1-14(23)15-10-12-17(13-11-15)25-19(24)9-5-8-18-21-20(22-26-18)16-6-3-2-4-7-16/h2-4,6-7,10-13H,5,8-9H2,1H3. The molecule has 0 aliphatic heterocycles. The van der Waals surface area contributed by atoms with Crippen LogP contribution in [0.3, 0.4) is 0 Å². The maximum absolute atomic E-state index is 11.9. The average molecular weight is 350 g/mol. The zero-order valence-electron chi connectivity index (χ0n) is 14.3. The number of nitrogens with zero attached hydrogens (tertiary/aromatic N) is 2. The van der Waals surface area contributed by atoms with Gasteiger partial charge in [-0.1, -0.05) is 35.5 Å². The minimum atomic E-state index is -0.344. The summed E-state index contributed by atoms with van der Waals surface area (Å²) < 4.78 is 10.5. The Hall–Kier alpha value is -3.28. The molecule has 0 atom stereocenters. The van der Waals surface area contributed by atoms with Crippen molar-refractivity contribution in [1.29, 1.82) is 0 Å². The van der Waals surface area contributed by atoms with Gasteiger partial charge in [0.15, 0.2) is 5.78 Å². The van der Waals surface area contributed by atoms with Crippen LogP contribution in [0, 0.1) is 0 Å². The van der Waals surface area contributed by atoms with Gasteiger partial charge in [0.2, 0.25) is 11.7 Å².